The molecule has 2 aromatic carbocycles. The number of anilines is 1. The normalized spacial score (nSPS) is 11.2. The Bertz CT molecular complexity index is 1220. The Kier molecular flexibility index (Phi) is 4.18. The van der Waals surface area contributed by atoms with Gasteiger partial charge in [0, 0.05) is 22.7 Å². The van der Waals surface area contributed by atoms with Crippen LogP contribution in [-0.2, 0) is 11.3 Å². The molecule has 1 amide bonds. The molecule has 2 heterocycles. The van der Waals surface area contributed by atoms with Gasteiger partial charge in [-0.1, -0.05) is 29.0 Å². The summed E-state index contributed by atoms with van der Waals surface area (Å²) < 4.78 is 16.4. The minimum atomic E-state index is -0.553. The fourth-order valence-corrected chi connectivity index (χ4v) is 3.88. The third-order valence-corrected chi connectivity index (χ3v) is 5.02. The SMILES string of the molecule is O=C(Cn1ccc(=O)c2cccc(F)c21)Nc1nc2ccc(Cl)cc2s1. The lowest BCUT2D eigenvalue weighted by Gasteiger charge is -2.10. The minimum absolute atomic E-state index is 0.103. The van der Waals surface area contributed by atoms with E-state index in [0.29, 0.717) is 10.2 Å². The van der Waals surface area contributed by atoms with Crippen molar-refractivity contribution in [1.82, 2.24) is 9.55 Å². The fraction of sp³-hybridized carbons (Fsp3) is 0.0556. The molecular weight excluding hydrogens is 377 g/mol. The zero-order chi connectivity index (χ0) is 18.3. The van der Waals surface area contributed by atoms with Crippen LogP contribution in [0.5, 0.6) is 0 Å². The Morgan fingerprint density at radius 3 is 2.96 bits per heavy atom. The molecule has 0 unspecified atom stereocenters. The van der Waals surface area contributed by atoms with Crippen molar-refractivity contribution >= 4 is 55.1 Å². The Morgan fingerprint density at radius 1 is 1.27 bits per heavy atom. The second kappa shape index (κ2) is 6.51. The molecule has 26 heavy (non-hydrogen) atoms. The van der Waals surface area contributed by atoms with Gasteiger partial charge in [0.2, 0.25) is 5.91 Å². The topological polar surface area (TPSA) is 64.0 Å². The molecule has 4 rings (SSSR count). The van der Waals surface area contributed by atoms with E-state index in [-0.39, 0.29) is 28.8 Å². The van der Waals surface area contributed by atoms with E-state index in [0.717, 1.165) is 10.2 Å². The van der Waals surface area contributed by atoms with Crippen LogP contribution < -0.4 is 10.7 Å². The molecule has 0 aliphatic heterocycles. The second-order valence-corrected chi connectivity index (χ2v) is 7.09. The number of thiazole rings is 1. The maximum absolute atomic E-state index is 14.2. The van der Waals surface area contributed by atoms with Crippen LogP contribution in [0, 0.1) is 5.82 Å². The van der Waals surface area contributed by atoms with Crippen molar-refractivity contribution in [3.05, 3.63) is 69.7 Å². The number of rotatable bonds is 3. The van der Waals surface area contributed by atoms with Crippen molar-refractivity contribution in [3.63, 3.8) is 0 Å². The van der Waals surface area contributed by atoms with Crippen LogP contribution in [0.4, 0.5) is 9.52 Å². The summed E-state index contributed by atoms with van der Waals surface area (Å²) in [6.45, 7) is -0.144. The summed E-state index contributed by atoms with van der Waals surface area (Å²) in [5.74, 6) is -0.925. The Morgan fingerprint density at radius 2 is 2.12 bits per heavy atom. The number of amides is 1. The third kappa shape index (κ3) is 3.07. The van der Waals surface area contributed by atoms with E-state index in [1.54, 1.807) is 18.2 Å². The van der Waals surface area contributed by atoms with E-state index in [9.17, 15) is 14.0 Å². The van der Waals surface area contributed by atoms with Crippen molar-refractivity contribution < 1.29 is 9.18 Å². The predicted octanol–water partition coefficient (Wildman–Crippen LogP) is 4.04. The first-order chi connectivity index (χ1) is 12.5. The number of carbonyl (C=O) groups excluding carboxylic acids is 1. The molecule has 0 saturated heterocycles. The quantitative estimate of drug-likeness (QED) is 0.577. The maximum Gasteiger partial charge on any atom is 0.246 e. The molecule has 0 atom stereocenters. The largest absolute Gasteiger partial charge is 0.335 e. The number of aromatic nitrogens is 2. The molecular formula is C18H11ClFN3O2S. The molecule has 0 aliphatic rings. The van der Waals surface area contributed by atoms with Crippen molar-refractivity contribution in [2.75, 3.05) is 5.32 Å². The second-order valence-electron chi connectivity index (χ2n) is 5.62. The smallest absolute Gasteiger partial charge is 0.246 e. The van der Waals surface area contributed by atoms with E-state index in [1.807, 2.05) is 0 Å². The summed E-state index contributed by atoms with van der Waals surface area (Å²) in [5.41, 5.74) is 0.542. The molecule has 130 valence electrons. The number of carbonyl (C=O) groups is 1. The van der Waals surface area contributed by atoms with Gasteiger partial charge in [-0.3, -0.25) is 9.59 Å². The highest BCUT2D eigenvalue weighted by atomic mass is 35.5. The fourth-order valence-electron chi connectivity index (χ4n) is 2.73. The highest BCUT2D eigenvalue weighted by Crippen LogP contribution is 2.28. The molecule has 0 aliphatic carbocycles. The number of hydrogen-bond donors (Lipinski definition) is 1. The zero-order valence-electron chi connectivity index (χ0n) is 13.2. The van der Waals surface area contributed by atoms with Crippen LogP contribution in [0.3, 0.4) is 0 Å². The van der Waals surface area contributed by atoms with Gasteiger partial charge in [-0.15, -0.1) is 0 Å². The molecule has 4 aromatic rings. The van der Waals surface area contributed by atoms with Crippen molar-refractivity contribution in [2.45, 2.75) is 6.54 Å². The summed E-state index contributed by atoms with van der Waals surface area (Å²) in [6.07, 6.45) is 1.41. The standard InChI is InChI=1S/C18H11ClFN3O2S/c19-10-4-5-13-15(8-10)26-18(21-13)22-16(25)9-23-7-6-14(24)11-2-1-3-12(20)17(11)23/h1-8H,9H2,(H,21,22,25). The molecule has 0 spiro atoms. The summed E-state index contributed by atoms with van der Waals surface area (Å²) in [6, 6.07) is 10.8. The van der Waals surface area contributed by atoms with Crippen LogP contribution >= 0.6 is 22.9 Å². The van der Waals surface area contributed by atoms with E-state index >= 15 is 0 Å². The lowest BCUT2D eigenvalue weighted by Crippen LogP contribution is -2.20. The van der Waals surface area contributed by atoms with Gasteiger partial charge in [0.1, 0.15) is 12.4 Å². The van der Waals surface area contributed by atoms with Crippen LogP contribution in [0.1, 0.15) is 0 Å². The summed E-state index contributed by atoms with van der Waals surface area (Å²) in [5, 5.41) is 3.95. The lowest BCUT2D eigenvalue weighted by molar-refractivity contribution is -0.116. The van der Waals surface area contributed by atoms with Gasteiger partial charge < -0.3 is 9.88 Å². The highest BCUT2D eigenvalue weighted by Gasteiger charge is 2.12. The molecule has 1 N–H and O–H groups in total. The first kappa shape index (κ1) is 16.7. The van der Waals surface area contributed by atoms with Gasteiger partial charge in [-0.2, -0.15) is 0 Å². The van der Waals surface area contributed by atoms with Gasteiger partial charge in [0.15, 0.2) is 10.6 Å². The van der Waals surface area contributed by atoms with Gasteiger partial charge in [0.05, 0.1) is 15.7 Å². The zero-order valence-corrected chi connectivity index (χ0v) is 14.8. The van der Waals surface area contributed by atoms with Crippen LogP contribution in [-0.4, -0.2) is 15.5 Å². The van der Waals surface area contributed by atoms with Gasteiger partial charge >= 0.3 is 0 Å². The van der Waals surface area contributed by atoms with E-state index < -0.39 is 5.82 Å². The molecule has 0 saturated carbocycles. The highest BCUT2D eigenvalue weighted by molar-refractivity contribution is 7.22. The van der Waals surface area contributed by atoms with Gasteiger partial charge in [0.25, 0.3) is 0 Å². The van der Waals surface area contributed by atoms with Crippen LogP contribution in [0.2, 0.25) is 5.02 Å². The maximum atomic E-state index is 14.2. The third-order valence-electron chi connectivity index (χ3n) is 3.86. The number of fused-ring (bicyclic) bond motifs is 2. The minimum Gasteiger partial charge on any atom is -0.335 e. The van der Waals surface area contributed by atoms with Crippen molar-refractivity contribution in [2.24, 2.45) is 0 Å². The molecule has 5 nitrogen and oxygen atoms in total. The predicted molar refractivity (Wildman–Crippen MR) is 101 cm³/mol. The Balaban J connectivity index is 1.63. The Labute approximate surface area is 155 Å². The number of hydrogen-bond acceptors (Lipinski definition) is 4. The molecule has 0 radical (unpaired) electrons. The Hall–Kier alpha value is -2.77. The van der Waals surface area contributed by atoms with E-state index in [4.69, 9.17) is 11.6 Å². The first-order valence-electron chi connectivity index (χ1n) is 7.65. The number of para-hydroxylation sites is 1. The number of halogens is 2. The summed E-state index contributed by atoms with van der Waals surface area (Å²) in [7, 11) is 0. The first-order valence-corrected chi connectivity index (χ1v) is 8.84. The average molecular weight is 388 g/mol. The van der Waals surface area contributed by atoms with Crippen molar-refractivity contribution in [3.8, 4) is 0 Å². The van der Waals surface area contributed by atoms with Crippen LogP contribution in [0.25, 0.3) is 21.1 Å². The number of benzene rings is 2. The summed E-state index contributed by atoms with van der Waals surface area (Å²) in [4.78, 5) is 28.6. The molecule has 8 heteroatoms. The van der Waals surface area contributed by atoms with E-state index in [1.165, 1.54) is 46.4 Å². The van der Waals surface area contributed by atoms with Gasteiger partial charge in [-0.05, 0) is 30.3 Å². The number of pyridine rings is 1. The molecule has 0 bridgehead atoms. The number of nitrogens with one attached hydrogen (secondary N) is 1. The van der Waals surface area contributed by atoms with Crippen LogP contribution in [0.15, 0.2) is 53.5 Å². The molecule has 0 fully saturated rings. The average Bonchev–Trinajstić information content (AvgIpc) is 2.98. The number of nitrogens with zero attached hydrogens (tertiary/aromatic N) is 2. The van der Waals surface area contributed by atoms with Gasteiger partial charge in [-0.25, -0.2) is 9.37 Å². The summed E-state index contributed by atoms with van der Waals surface area (Å²) >= 11 is 7.25. The van der Waals surface area contributed by atoms with E-state index in [2.05, 4.69) is 10.3 Å². The monoisotopic (exact) mass is 387 g/mol. The molecule has 2 aromatic heterocycles. The van der Waals surface area contributed by atoms with Crippen molar-refractivity contribution in [1.29, 1.82) is 0 Å². The lowest BCUT2D eigenvalue weighted by atomic mass is 10.2.